The molecule has 0 unspecified atom stereocenters. The first-order chi connectivity index (χ1) is 21.3. The molecular formula is C38H45N3O3S. The van der Waals surface area contributed by atoms with Gasteiger partial charge < -0.3 is 14.4 Å². The quantitative estimate of drug-likeness (QED) is 0.168. The highest BCUT2D eigenvalue weighted by Gasteiger charge is 2.31. The molecule has 3 aromatic heterocycles. The normalized spacial score (nSPS) is 11.6. The van der Waals surface area contributed by atoms with E-state index in [9.17, 15) is 9.90 Å². The van der Waals surface area contributed by atoms with E-state index in [1.165, 1.54) is 0 Å². The second kappa shape index (κ2) is 14.8. The molecule has 0 spiro atoms. The minimum absolute atomic E-state index is 0.117. The Labute approximate surface area is 272 Å². The molecule has 6 nitrogen and oxygen atoms in total. The van der Waals surface area contributed by atoms with Crippen LogP contribution in [0.1, 0.15) is 69.8 Å². The first kappa shape index (κ1) is 33.8. The molecule has 0 aliphatic carbocycles. The summed E-state index contributed by atoms with van der Waals surface area (Å²) in [5.41, 5.74) is 6.24. The Kier molecular flexibility index (Phi) is 11.1. The van der Waals surface area contributed by atoms with Gasteiger partial charge in [0.1, 0.15) is 12.4 Å². The van der Waals surface area contributed by atoms with Crippen molar-refractivity contribution >= 4 is 17.7 Å². The molecule has 45 heavy (non-hydrogen) atoms. The molecule has 1 N–H and O–H groups in total. The second-order valence-corrected chi connectivity index (χ2v) is 14.7. The predicted molar refractivity (Wildman–Crippen MR) is 184 cm³/mol. The molecule has 0 amide bonds. The van der Waals surface area contributed by atoms with E-state index in [4.69, 9.17) is 4.74 Å². The van der Waals surface area contributed by atoms with Crippen LogP contribution in [0, 0.1) is 12.3 Å². The van der Waals surface area contributed by atoms with Crippen molar-refractivity contribution in [2.24, 2.45) is 5.41 Å². The topological polar surface area (TPSA) is 77.2 Å². The fourth-order valence-electron chi connectivity index (χ4n) is 4.82. The highest BCUT2D eigenvalue weighted by atomic mass is 32.2. The first-order valence-corrected chi connectivity index (χ1v) is 16.2. The number of rotatable bonds is 11. The number of benzene rings is 1. The van der Waals surface area contributed by atoms with Gasteiger partial charge in [-0.15, -0.1) is 11.8 Å². The van der Waals surface area contributed by atoms with E-state index >= 15 is 0 Å². The third-order valence-corrected chi connectivity index (χ3v) is 8.70. The van der Waals surface area contributed by atoms with Crippen LogP contribution in [0.15, 0.2) is 96.3 Å². The van der Waals surface area contributed by atoms with E-state index in [2.05, 4.69) is 78.6 Å². The number of carboxylic acid groups (broad SMARTS) is 1. The van der Waals surface area contributed by atoms with Crippen LogP contribution in [0.3, 0.4) is 0 Å². The summed E-state index contributed by atoms with van der Waals surface area (Å²) in [5, 5.41) is 10.2. The van der Waals surface area contributed by atoms with Crippen molar-refractivity contribution in [2.45, 2.75) is 84.1 Å². The van der Waals surface area contributed by atoms with Gasteiger partial charge >= 0.3 is 5.97 Å². The fraction of sp³-hybridized carbons (Fsp3) is 0.342. The summed E-state index contributed by atoms with van der Waals surface area (Å²) in [6, 6.07) is 24.5. The Morgan fingerprint density at radius 1 is 0.933 bits per heavy atom. The Bertz CT molecular complexity index is 1640. The average Bonchev–Trinajstić information content (AvgIpc) is 3.05. The highest BCUT2D eigenvalue weighted by Crippen LogP contribution is 2.39. The lowest BCUT2D eigenvalue weighted by molar-refractivity contribution is -0.146. The largest absolute Gasteiger partial charge is 0.487 e. The summed E-state index contributed by atoms with van der Waals surface area (Å²) in [6.45, 7) is 15.2. The highest BCUT2D eigenvalue weighted by molar-refractivity contribution is 8.00. The zero-order chi connectivity index (χ0) is 32.6. The van der Waals surface area contributed by atoms with Crippen molar-refractivity contribution in [1.29, 1.82) is 0 Å². The summed E-state index contributed by atoms with van der Waals surface area (Å²) < 4.78 is 8.38. The van der Waals surface area contributed by atoms with Crippen molar-refractivity contribution in [1.82, 2.24) is 14.5 Å². The summed E-state index contributed by atoms with van der Waals surface area (Å²) in [4.78, 5) is 22.4. The van der Waals surface area contributed by atoms with Gasteiger partial charge in [0.15, 0.2) is 0 Å². The van der Waals surface area contributed by atoms with Crippen LogP contribution in [0.5, 0.6) is 5.75 Å². The lowest BCUT2D eigenvalue weighted by Crippen LogP contribution is -2.28. The molecule has 236 valence electrons. The first-order valence-electron chi connectivity index (χ1n) is 15.4. The Morgan fingerprint density at radius 3 is 2.27 bits per heavy atom. The molecule has 0 saturated heterocycles. The molecule has 0 radical (unpaired) electrons. The van der Waals surface area contributed by atoms with E-state index in [1.54, 1.807) is 31.8 Å². The molecule has 0 bridgehead atoms. The number of thioether (sulfide) groups is 1. The van der Waals surface area contributed by atoms with Gasteiger partial charge in [0.05, 0.1) is 11.1 Å². The average molecular weight is 624 g/mol. The van der Waals surface area contributed by atoms with Gasteiger partial charge in [0.2, 0.25) is 0 Å². The minimum Gasteiger partial charge on any atom is -0.487 e. The number of hydrogen-bond donors (Lipinski definition) is 1. The Hall–Kier alpha value is -4.10. The molecule has 0 saturated carbocycles. The number of aryl methyl sites for hydroxylation is 2. The summed E-state index contributed by atoms with van der Waals surface area (Å²) in [5.74, 6) is -0.0926. The van der Waals surface area contributed by atoms with Gasteiger partial charge in [-0.1, -0.05) is 64.1 Å². The van der Waals surface area contributed by atoms with Gasteiger partial charge in [0, 0.05) is 58.1 Å². The van der Waals surface area contributed by atoms with Crippen LogP contribution in [-0.2, 0) is 30.8 Å². The molecule has 1 aromatic carbocycles. The van der Waals surface area contributed by atoms with E-state index in [0.717, 1.165) is 56.4 Å². The minimum atomic E-state index is -0.980. The van der Waals surface area contributed by atoms with Crippen molar-refractivity contribution in [3.05, 3.63) is 120 Å². The number of aliphatic carboxylic acids is 1. The van der Waals surface area contributed by atoms with Crippen LogP contribution < -0.4 is 4.74 Å². The third kappa shape index (κ3) is 9.69. The Morgan fingerprint density at radius 2 is 1.67 bits per heavy atom. The van der Waals surface area contributed by atoms with E-state index < -0.39 is 11.4 Å². The zero-order valence-corrected chi connectivity index (χ0v) is 28.3. The monoisotopic (exact) mass is 623 g/mol. The molecule has 3 heterocycles. The van der Waals surface area contributed by atoms with Crippen molar-refractivity contribution in [2.75, 3.05) is 0 Å². The Balaban J connectivity index is 1.87. The molecule has 0 aliphatic heterocycles. The van der Waals surface area contributed by atoms with Crippen LogP contribution in [0.4, 0.5) is 0 Å². The number of carbonyl (C=O) groups is 1. The summed E-state index contributed by atoms with van der Waals surface area (Å²) in [7, 11) is 0. The molecular weight excluding hydrogens is 579 g/mol. The number of hydrogen-bond acceptors (Lipinski definition) is 5. The maximum absolute atomic E-state index is 12.5. The number of pyridine rings is 2. The van der Waals surface area contributed by atoms with Crippen LogP contribution in [-0.4, -0.2) is 30.4 Å². The van der Waals surface area contributed by atoms with Gasteiger partial charge in [-0.05, 0) is 80.3 Å². The van der Waals surface area contributed by atoms with Gasteiger partial charge in [-0.3, -0.25) is 14.8 Å². The molecule has 7 heteroatoms. The van der Waals surface area contributed by atoms with Gasteiger partial charge in [0.25, 0.3) is 0 Å². The molecule has 0 fully saturated rings. The molecule has 4 rings (SSSR count). The number of aromatic nitrogens is 3. The predicted octanol–water partition coefficient (Wildman–Crippen LogP) is 9.11. The standard InChI is InChI=1S/C38H45N3O3S/c1-8-29-22-33(44-26-32-12-9-10-20-39-32)13-11-21-41(34(23-38(6,7)36(42)43)35(29)45-37(3,4)5)25-28-15-18-30(19-16-28)31-17-14-27(2)40-24-31/h9-22,24H,8,23,25-26H2,1-7H3,(H,42,43). The lowest BCUT2D eigenvalue weighted by Gasteiger charge is -2.27. The number of nitrogens with zero attached hydrogens (tertiary/aromatic N) is 3. The SMILES string of the molecule is CCc1cc(OCc2ccccn2)cccn(Cc2ccc(-c3ccc(C)nc3)cc2)c(CC(C)(C)C(=O)O)c1SC(C)(C)C. The van der Waals surface area contributed by atoms with Gasteiger partial charge in [-0.25, -0.2) is 0 Å². The van der Waals surface area contributed by atoms with E-state index in [0.29, 0.717) is 19.6 Å². The molecule has 4 aromatic rings. The molecule has 0 aliphatic rings. The van der Waals surface area contributed by atoms with E-state index in [-0.39, 0.29) is 4.75 Å². The summed E-state index contributed by atoms with van der Waals surface area (Å²) >= 11 is 1.78. The van der Waals surface area contributed by atoms with E-state index in [1.807, 2.05) is 55.7 Å². The fourth-order valence-corrected chi connectivity index (χ4v) is 6.07. The maximum atomic E-state index is 12.5. The van der Waals surface area contributed by atoms with Crippen molar-refractivity contribution in [3.8, 4) is 16.9 Å². The molecule has 0 atom stereocenters. The summed E-state index contributed by atoms with van der Waals surface area (Å²) in [6.07, 6.45) is 6.83. The van der Waals surface area contributed by atoms with Crippen LogP contribution in [0.2, 0.25) is 0 Å². The number of ether oxygens (including phenoxy) is 1. The smallest absolute Gasteiger partial charge is 0.309 e. The van der Waals surface area contributed by atoms with Gasteiger partial charge in [-0.2, -0.15) is 0 Å². The van der Waals surface area contributed by atoms with Crippen LogP contribution in [0.25, 0.3) is 11.1 Å². The second-order valence-electron chi connectivity index (χ2n) is 12.9. The lowest BCUT2D eigenvalue weighted by atomic mass is 9.87. The van der Waals surface area contributed by atoms with Crippen LogP contribution >= 0.6 is 11.8 Å². The van der Waals surface area contributed by atoms with Crippen molar-refractivity contribution in [3.63, 3.8) is 0 Å². The third-order valence-electron chi connectivity index (χ3n) is 7.39. The maximum Gasteiger partial charge on any atom is 0.309 e. The number of carboxylic acids is 1. The van der Waals surface area contributed by atoms with Crippen molar-refractivity contribution < 1.29 is 14.6 Å². The zero-order valence-electron chi connectivity index (χ0n) is 27.5.